The quantitative estimate of drug-likeness (QED) is 0.849. The summed E-state index contributed by atoms with van der Waals surface area (Å²) in [4.78, 5) is 29.2. The van der Waals surface area contributed by atoms with E-state index in [2.05, 4.69) is 22.3 Å². The topological polar surface area (TPSA) is 61.9 Å². The molecule has 0 aliphatic carbocycles. The summed E-state index contributed by atoms with van der Waals surface area (Å²) in [5.41, 5.74) is 3.40. The molecule has 29 heavy (non-hydrogen) atoms. The predicted molar refractivity (Wildman–Crippen MR) is 113 cm³/mol. The summed E-state index contributed by atoms with van der Waals surface area (Å²) in [6.07, 6.45) is 2.42. The Kier molecular flexibility index (Phi) is 6.10. The molecule has 6 heteroatoms. The van der Waals surface area contributed by atoms with Crippen molar-refractivity contribution in [3.63, 3.8) is 0 Å². The number of rotatable bonds is 5. The van der Waals surface area contributed by atoms with Gasteiger partial charge in [-0.3, -0.25) is 9.59 Å². The SMILES string of the molecule is O=C(Cc1ccc(N2CCOCC2)cc1)Nc1cccc(C(=O)N2CCCC2)c1. The van der Waals surface area contributed by atoms with Gasteiger partial charge in [0.05, 0.1) is 19.6 Å². The molecular formula is C23H27N3O3. The average Bonchev–Trinajstić information content (AvgIpc) is 3.29. The number of morpholine rings is 1. The second kappa shape index (κ2) is 9.09. The van der Waals surface area contributed by atoms with Crippen molar-refractivity contribution in [1.82, 2.24) is 4.90 Å². The molecular weight excluding hydrogens is 366 g/mol. The first kappa shape index (κ1) is 19.5. The lowest BCUT2D eigenvalue weighted by Gasteiger charge is -2.28. The molecule has 152 valence electrons. The van der Waals surface area contributed by atoms with Gasteiger partial charge in [-0.25, -0.2) is 0 Å². The Labute approximate surface area is 171 Å². The smallest absolute Gasteiger partial charge is 0.253 e. The van der Waals surface area contributed by atoms with Crippen LogP contribution in [-0.2, 0) is 16.0 Å². The molecule has 2 amide bonds. The number of nitrogens with one attached hydrogen (secondary N) is 1. The molecule has 2 aliphatic heterocycles. The van der Waals surface area contributed by atoms with Crippen molar-refractivity contribution >= 4 is 23.2 Å². The molecule has 6 nitrogen and oxygen atoms in total. The molecule has 0 saturated carbocycles. The lowest BCUT2D eigenvalue weighted by atomic mass is 10.1. The zero-order valence-corrected chi connectivity index (χ0v) is 16.6. The highest BCUT2D eigenvalue weighted by atomic mass is 16.5. The largest absolute Gasteiger partial charge is 0.378 e. The number of carbonyl (C=O) groups excluding carboxylic acids is 2. The monoisotopic (exact) mass is 393 g/mol. The molecule has 0 spiro atoms. The summed E-state index contributed by atoms with van der Waals surface area (Å²) < 4.78 is 5.39. The molecule has 0 aromatic heterocycles. The first-order valence-corrected chi connectivity index (χ1v) is 10.3. The summed E-state index contributed by atoms with van der Waals surface area (Å²) in [6.45, 7) is 4.93. The Hall–Kier alpha value is -2.86. The number of hydrogen-bond acceptors (Lipinski definition) is 4. The average molecular weight is 393 g/mol. The Morgan fingerprint density at radius 1 is 0.931 bits per heavy atom. The van der Waals surface area contributed by atoms with Gasteiger partial charge >= 0.3 is 0 Å². The van der Waals surface area contributed by atoms with Crippen LogP contribution in [0.4, 0.5) is 11.4 Å². The van der Waals surface area contributed by atoms with Crippen LogP contribution >= 0.6 is 0 Å². The summed E-state index contributed by atoms with van der Waals surface area (Å²) in [5.74, 6) is -0.0489. The Bertz CT molecular complexity index is 854. The van der Waals surface area contributed by atoms with Gasteiger partial charge in [0.15, 0.2) is 0 Å². The molecule has 4 rings (SSSR count). The van der Waals surface area contributed by atoms with Gasteiger partial charge in [-0.15, -0.1) is 0 Å². The predicted octanol–water partition coefficient (Wildman–Crippen LogP) is 2.94. The zero-order chi connectivity index (χ0) is 20.1. The van der Waals surface area contributed by atoms with Crippen LogP contribution in [0.3, 0.4) is 0 Å². The van der Waals surface area contributed by atoms with Gasteiger partial charge in [0.25, 0.3) is 5.91 Å². The van der Waals surface area contributed by atoms with Gasteiger partial charge in [0.2, 0.25) is 5.91 Å². The van der Waals surface area contributed by atoms with E-state index < -0.39 is 0 Å². The minimum atomic E-state index is -0.0881. The molecule has 2 heterocycles. The van der Waals surface area contributed by atoms with Gasteiger partial charge in [0, 0.05) is 43.1 Å². The van der Waals surface area contributed by atoms with Gasteiger partial charge in [-0.2, -0.15) is 0 Å². The van der Waals surface area contributed by atoms with Crippen molar-refractivity contribution in [2.24, 2.45) is 0 Å². The maximum Gasteiger partial charge on any atom is 0.253 e. The minimum Gasteiger partial charge on any atom is -0.378 e. The molecule has 0 bridgehead atoms. The number of likely N-dealkylation sites (tertiary alicyclic amines) is 1. The Morgan fingerprint density at radius 2 is 1.66 bits per heavy atom. The maximum absolute atomic E-state index is 12.5. The van der Waals surface area contributed by atoms with E-state index in [0.717, 1.165) is 63.5 Å². The number of anilines is 2. The third kappa shape index (κ3) is 4.95. The fourth-order valence-corrected chi connectivity index (χ4v) is 3.87. The van der Waals surface area contributed by atoms with Crippen molar-refractivity contribution in [2.75, 3.05) is 49.6 Å². The summed E-state index contributed by atoms with van der Waals surface area (Å²) in [7, 11) is 0. The Morgan fingerprint density at radius 3 is 2.38 bits per heavy atom. The number of hydrogen-bond donors (Lipinski definition) is 1. The van der Waals surface area contributed by atoms with E-state index in [1.165, 1.54) is 0 Å². The third-order valence-electron chi connectivity index (χ3n) is 5.46. The molecule has 1 N–H and O–H groups in total. The second-order valence-electron chi connectivity index (χ2n) is 7.57. The van der Waals surface area contributed by atoms with Crippen molar-refractivity contribution in [3.8, 4) is 0 Å². The lowest BCUT2D eigenvalue weighted by Crippen LogP contribution is -2.36. The number of carbonyl (C=O) groups is 2. The van der Waals surface area contributed by atoms with Crippen LogP contribution in [0.25, 0.3) is 0 Å². The zero-order valence-electron chi connectivity index (χ0n) is 16.6. The molecule has 0 atom stereocenters. The summed E-state index contributed by atoms with van der Waals surface area (Å²) in [6, 6.07) is 15.3. The highest BCUT2D eigenvalue weighted by molar-refractivity contribution is 5.97. The van der Waals surface area contributed by atoms with Crippen molar-refractivity contribution in [1.29, 1.82) is 0 Å². The van der Waals surface area contributed by atoms with E-state index in [1.807, 2.05) is 29.2 Å². The van der Waals surface area contributed by atoms with E-state index in [-0.39, 0.29) is 11.8 Å². The third-order valence-corrected chi connectivity index (χ3v) is 5.46. The van der Waals surface area contributed by atoms with Crippen LogP contribution < -0.4 is 10.2 Å². The van der Waals surface area contributed by atoms with Gasteiger partial charge in [-0.05, 0) is 48.7 Å². The number of amides is 2. The van der Waals surface area contributed by atoms with Crippen LogP contribution in [0.15, 0.2) is 48.5 Å². The lowest BCUT2D eigenvalue weighted by molar-refractivity contribution is -0.115. The van der Waals surface area contributed by atoms with Gasteiger partial charge < -0.3 is 19.9 Å². The van der Waals surface area contributed by atoms with E-state index >= 15 is 0 Å². The number of benzene rings is 2. The second-order valence-corrected chi connectivity index (χ2v) is 7.57. The van der Waals surface area contributed by atoms with Crippen LogP contribution in [0, 0.1) is 0 Å². The normalized spacial score (nSPS) is 16.7. The van der Waals surface area contributed by atoms with Crippen molar-refractivity contribution < 1.29 is 14.3 Å². The van der Waals surface area contributed by atoms with E-state index in [4.69, 9.17) is 4.74 Å². The number of nitrogens with zero attached hydrogens (tertiary/aromatic N) is 2. The Balaban J connectivity index is 1.34. The highest BCUT2D eigenvalue weighted by Crippen LogP contribution is 2.19. The van der Waals surface area contributed by atoms with Gasteiger partial charge in [0.1, 0.15) is 0 Å². The molecule has 0 radical (unpaired) electrons. The summed E-state index contributed by atoms with van der Waals surface area (Å²) >= 11 is 0. The van der Waals surface area contributed by atoms with Crippen LogP contribution in [0.5, 0.6) is 0 Å². The van der Waals surface area contributed by atoms with Crippen LogP contribution in [0.2, 0.25) is 0 Å². The van der Waals surface area contributed by atoms with Crippen molar-refractivity contribution in [2.45, 2.75) is 19.3 Å². The van der Waals surface area contributed by atoms with E-state index in [0.29, 0.717) is 17.7 Å². The number of ether oxygens (including phenoxy) is 1. The molecule has 2 fully saturated rings. The van der Waals surface area contributed by atoms with Crippen molar-refractivity contribution in [3.05, 3.63) is 59.7 Å². The fourth-order valence-electron chi connectivity index (χ4n) is 3.87. The van der Waals surface area contributed by atoms with E-state index in [9.17, 15) is 9.59 Å². The molecule has 2 aromatic carbocycles. The standard InChI is InChI=1S/C23H27N3O3/c27-22(16-18-6-8-21(9-7-18)25-12-14-29-15-13-25)24-20-5-3-4-19(17-20)23(28)26-10-1-2-11-26/h3-9,17H,1-2,10-16H2,(H,24,27). The minimum absolute atomic E-state index is 0.0392. The van der Waals surface area contributed by atoms with Crippen LogP contribution in [0.1, 0.15) is 28.8 Å². The summed E-state index contributed by atoms with van der Waals surface area (Å²) in [5, 5.41) is 2.92. The highest BCUT2D eigenvalue weighted by Gasteiger charge is 2.19. The fraction of sp³-hybridized carbons (Fsp3) is 0.391. The van der Waals surface area contributed by atoms with E-state index in [1.54, 1.807) is 12.1 Å². The first-order chi connectivity index (χ1) is 14.2. The molecule has 2 aliphatic rings. The first-order valence-electron chi connectivity index (χ1n) is 10.3. The van der Waals surface area contributed by atoms with Gasteiger partial charge in [-0.1, -0.05) is 18.2 Å². The molecule has 2 aromatic rings. The maximum atomic E-state index is 12.5. The van der Waals surface area contributed by atoms with Crippen LogP contribution in [-0.4, -0.2) is 56.1 Å². The molecule has 2 saturated heterocycles. The molecule has 0 unspecified atom stereocenters.